The third kappa shape index (κ3) is 4.09. The van der Waals surface area contributed by atoms with Crippen molar-refractivity contribution in [2.45, 2.75) is 44.5 Å². The number of alkyl halides is 3. The highest BCUT2D eigenvalue weighted by molar-refractivity contribution is 5.94. The Kier molecular flexibility index (Phi) is 5.56. The Balaban J connectivity index is 1.88. The van der Waals surface area contributed by atoms with Gasteiger partial charge in [-0.1, -0.05) is 61.5 Å². The molecule has 3 rings (SSSR count). The van der Waals surface area contributed by atoms with Crippen molar-refractivity contribution in [3.63, 3.8) is 0 Å². The number of rotatable bonds is 5. The van der Waals surface area contributed by atoms with Crippen LogP contribution in [0.15, 0.2) is 59.7 Å². The molecule has 2 aromatic carbocycles. The molecule has 0 radical (unpaired) electrons. The molecule has 1 amide bonds. The van der Waals surface area contributed by atoms with Crippen molar-refractivity contribution in [3.8, 4) is 0 Å². The molecule has 0 spiro atoms. The van der Waals surface area contributed by atoms with E-state index in [4.69, 9.17) is 0 Å². The van der Waals surface area contributed by atoms with Crippen LogP contribution in [0.3, 0.4) is 0 Å². The standard InChI is InChI=1S/C21H21F3N2O2/c1-2-15-8-11-17(12-9-15)20(28)14-18(21(22,23)24)25-26(20)19(27)13-10-16-6-4-3-5-7-16/h3-9,11-12,28H,2,10,13-14H2,1H3. The summed E-state index contributed by atoms with van der Waals surface area (Å²) in [5, 5.41) is 15.1. The molecule has 1 aliphatic heterocycles. The molecule has 7 heteroatoms. The second-order valence-corrected chi connectivity index (χ2v) is 6.78. The SMILES string of the molecule is CCc1ccc(C2(O)CC(C(F)(F)F)=NN2C(=O)CCc2ccccc2)cc1. The highest BCUT2D eigenvalue weighted by atomic mass is 19.4. The lowest BCUT2D eigenvalue weighted by Gasteiger charge is -2.31. The van der Waals surface area contributed by atoms with Crippen molar-refractivity contribution in [3.05, 3.63) is 71.3 Å². The summed E-state index contributed by atoms with van der Waals surface area (Å²) < 4.78 is 39.7. The molecule has 0 bridgehead atoms. The van der Waals surface area contributed by atoms with Crippen LogP contribution in [0.25, 0.3) is 0 Å². The lowest BCUT2D eigenvalue weighted by Crippen LogP contribution is -2.43. The van der Waals surface area contributed by atoms with Crippen LogP contribution < -0.4 is 0 Å². The maximum absolute atomic E-state index is 13.2. The van der Waals surface area contributed by atoms with E-state index < -0.39 is 29.9 Å². The maximum atomic E-state index is 13.2. The summed E-state index contributed by atoms with van der Waals surface area (Å²) in [5.41, 5.74) is -1.25. The van der Waals surface area contributed by atoms with Crippen LogP contribution in [0.5, 0.6) is 0 Å². The summed E-state index contributed by atoms with van der Waals surface area (Å²) in [7, 11) is 0. The number of amides is 1. The van der Waals surface area contributed by atoms with E-state index in [0.29, 0.717) is 11.4 Å². The highest BCUT2D eigenvalue weighted by Gasteiger charge is 2.52. The van der Waals surface area contributed by atoms with E-state index in [1.54, 1.807) is 24.3 Å². The monoisotopic (exact) mass is 390 g/mol. The molecule has 0 aromatic heterocycles. The summed E-state index contributed by atoms with van der Waals surface area (Å²) in [4.78, 5) is 12.7. The predicted octanol–water partition coefficient (Wildman–Crippen LogP) is 4.18. The number of aliphatic hydroxyl groups is 1. The zero-order valence-electron chi connectivity index (χ0n) is 15.4. The molecular weight excluding hydrogens is 369 g/mol. The van der Waals surface area contributed by atoms with Crippen LogP contribution in [0.4, 0.5) is 13.2 Å². The van der Waals surface area contributed by atoms with Crippen LogP contribution in [0.2, 0.25) is 0 Å². The van der Waals surface area contributed by atoms with E-state index in [1.807, 2.05) is 37.3 Å². The van der Waals surface area contributed by atoms with Crippen LogP contribution in [-0.4, -0.2) is 27.9 Å². The van der Waals surface area contributed by atoms with Crippen molar-refractivity contribution in [1.82, 2.24) is 5.01 Å². The zero-order chi connectivity index (χ0) is 20.4. The van der Waals surface area contributed by atoms with Crippen molar-refractivity contribution >= 4 is 11.6 Å². The van der Waals surface area contributed by atoms with Gasteiger partial charge in [0.25, 0.3) is 0 Å². The summed E-state index contributed by atoms with van der Waals surface area (Å²) in [6.07, 6.45) is -4.47. The largest absolute Gasteiger partial charge is 0.431 e. The minimum Gasteiger partial charge on any atom is -0.365 e. The molecule has 1 atom stereocenters. The van der Waals surface area contributed by atoms with Crippen molar-refractivity contribution in [1.29, 1.82) is 0 Å². The van der Waals surface area contributed by atoms with Gasteiger partial charge in [0.2, 0.25) is 5.91 Å². The van der Waals surface area contributed by atoms with Gasteiger partial charge in [0.1, 0.15) is 5.71 Å². The Morgan fingerprint density at radius 1 is 1.11 bits per heavy atom. The first-order valence-corrected chi connectivity index (χ1v) is 9.07. The molecule has 1 unspecified atom stereocenters. The summed E-state index contributed by atoms with van der Waals surface area (Å²) >= 11 is 0. The average molecular weight is 390 g/mol. The third-order valence-electron chi connectivity index (χ3n) is 4.84. The molecule has 1 aliphatic rings. The average Bonchev–Trinajstić information content (AvgIpc) is 3.06. The van der Waals surface area contributed by atoms with Gasteiger partial charge in [-0.2, -0.15) is 23.3 Å². The third-order valence-corrected chi connectivity index (χ3v) is 4.84. The number of hydrazone groups is 1. The molecule has 28 heavy (non-hydrogen) atoms. The van der Waals surface area contributed by atoms with Crippen LogP contribution in [-0.2, 0) is 23.4 Å². The quantitative estimate of drug-likeness (QED) is 0.833. The Morgan fingerprint density at radius 3 is 2.32 bits per heavy atom. The fraction of sp³-hybridized carbons (Fsp3) is 0.333. The fourth-order valence-electron chi connectivity index (χ4n) is 3.20. The van der Waals surface area contributed by atoms with Crippen molar-refractivity contribution in [2.75, 3.05) is 0 Å². The number of carbonyl (C=O) groups is 1. The molecule has 0 saturated carbocycles. The van der Waals surface area contributed by atoms with E-state index in [-0.39, 0.29) is 12.0 Å². The second kappa shape index (κ2) is 7.75. The first kappa shape index (κ1) is 20.1. The minimum atomic E-state index is -4.72. The number of hydrogen-bond acceptors (Lipinski definition) is 3. The van der Waals surface area contributed by atoms with Gasteiger partial charge in [0.05, 0.1) is 6.42 Å². The first-order chi connectivity index (χ1) is 13.2. The van der Waals surface area contributed by atoms with Crippen molar-refractivity contribution in [2.24, 2.45) is 5.10 Å². The second-order valence-electron chi connectivity index (χ2n) is 6.78. The number of hydrogen-bond donors (Lipinski definition) is 1. The molecule has 2 aromatic rings. The van der Waals surface area contributed by atoms with Crippen molar-refractivity contribution < 1.29 is 23.1 Å². The highest BCUT2D eigenvalue weighted by Crippen LogP contribution is 2.40. The van der Waals surface area contributed by atoms with E-state index in [1.165, 1.54) is 0 Å². The van der Waals surface area contributed by atoms with Gasteiger partial charge in [-0.15, -0.1) is 0 Å². The van der Waals surface area contributed by atoms with Crippen LogP contribution >= 0.6 is 0 Å². The summed E-state index contributed by atoms with van der Waals surface area (Å²) in [5.74, 6) is -0.662. The van der Waals surface area contributed by atoms with Gasteiger partial charge < -0.3 is 5.11 Å². The van der Waals surface area contributed by atoms with Gasteiger partial charge in [-0.3, -0.25) is 4.79 Å². The Morgan fingerprint density at radius 2 is 1.75 bits per heavy atom. The van der Waals surface area contributed by atoms with Gasteiger partial charge >= 0.3 is 6.18 Å². The molecule has 4 nitrogen and oxygen atoms in total. The molecule has 0 aliphatic carbocycles. The van der Waals surface area contributed by atoms with Gasteiger partial charge in [-0.25, -0.2) is 0 Å². The van der Waals surface area contributed by atoms with E-state index in [9.17, 15) is 23.1 Å². The molecular formula is C21H21F3N2O2. The Labute approximate surface area is 161 Å². The number of benzene rings is 2. The Bertz CT molecular complexity index is 863. The first-order valence-electron chi connectivity index (χ1n) is 9.07. The maximum Gasteiger partial charge on any atom is 0.431 e. The van der Waals surface area contributed by atoms with Gasteiger partial charge in [0, 0.05) is 12.0 Å². The molecule has 1 heterocycles. The van der Waals surface area contributed by atoms with E-state index in [0.717, 1.165) is 17.5 Å². The molecule has 1 N–H and O–H groups in total. The molecule has 0 fully saturated rings. The normalized spacial score (nSPS) is 19.6. The smallest absolute Gasteiger partial charge is 0.365 e. The predicted molar refractivity (Wildman–Crippen MR) is 99.4 cm³/mol. The number of carbonyl (C=O) groups excluding carboxylic acids is 1. The number of aryl methyl sites for hydroxylation is 2. The van der Waals surface area contributed by atoms with E-state index >= 15 is 0 Å². The summed E-state index contributed by atoms with van der Waals surface area (Å²) in [6, 6.07) is 15.7. The van der Waals surface area contributed by atoms with Crippen LogP contribution in [0, 0.1) is 0 Å². The van der Waals surface area contributed by atoms with Crippen LogP contribution in [0.1, 0.15) is 36.5 Å². The minimum absolute atomic E-state index is 0.0615. The lowest BCUT2D eigenvalue weighted by atomic mass is 9.95. The topological polar surface area (TPSA) is 52.9 Å². The number of halogens is 3. The summed E-state index contributed by atoms with van der Waals surface area (Å²) in [6.45, 7) is 1.95. The molecule has 148 valence electrons. The molecule has 0 saturated heterocycles. The Hall–Kier alpha value is -2.67. The van der Waals surface area contributed by atoms with Gasteiger partial charge in [-0.05, 0) is 24.0 Å². The van der Waals surface area contributed by atoms with Gasteiger partial charge in [0.15, 0.2) is 5.72 Å². The zero-order valence-corrected chi connectivity index (χ0v) is 15.4. The fourth-order valence-corrected chi connectivity index (χ4v) is 3.20. The lowest BCUT2D eigenvalue weighted by molar-refractivity contribution is -0.157. The van der Waals surface area contributed by atoms with E-state index in [2.05, 4.69) is 5.10 Å². The number of nitrogens with zero attached hydrogens (tertiary/aromatic N) is 2.